The van der Waals surface area contributed by atoms with E-state index in [1.807, 2.05) is 4.90 Å². The number of hydrogen-bond acceptors (Lipinski definition) is 3. The van der Waals surface area contributed by atoms with Gasteiger partial charge in [-0.05, 0) is 19.3 Å². The Balaban J connectivity index is 2.38. The zero-order chi connectivity index (χ0) is 14.1. The molecule has 0 bridgehead atoms. The lowest BCUT2D eigenvalue weighted by Gasteiger charge is -2.27. The summed E-state index contributed by atoms with van der Waals surface area (Å²) in [7, 11) is 0. The number of carboxylic acids is 1. The molecule has 1 saturated carbocycles. The number of carbonyl (C=O) groups excluding carboxylic acids is 1. The fraction of sp³-hybridized carbons (Fsp3) is 0.857. The Kier molecular flexibility index (Phi) is 7.48. The van der Waals surface area contributed by atoms with Crippen LogP contribution in [0.1, 0.15) is 51.9 Å². The summed E-state index contributed by atoms with van der Waals surface area (Å²) in [6.07, 6.45) is 6.70. The van der Waals surface area contributed by atoms with Crippen molar-refractivity contribution in [3.05, 3.63) is 0 Å². The van der Waals surface area contributed by atoms with Crippen molar-refractivity contribution in [1.29, 1.82) is 0 Å². The first-order valence-electron chi connectivity index (χ1n) is 7.36. The van der Waals surface area contributed by atoms with Crippen molar-refractivity contribution in [3.8, 4) is 0 Å². The van der Waals surface area contributed by atoms with E-state index in [4.69, 9.17) is 5.11 Å². The summed E-state index contributed by atoms with van der Waals surface area (Å²) < 4.78 is 0. The van der Waals surface area contributed by atoms with Crippen molar-refractivity contribution in [1.82, 2.24) is 10.2 Å². The van der Waals surface area contributed by atoms with Gasteiger partial charge in [0.05, 0.1) is 13.0 Å². The van der Waals surface area contributed by atoms with E-state index in [1.54, 1.807) is 0 Å². The molecular weight excluding hydrogens is 244 g/mol. The van der Waals surface area contributed by atoms with Crippen LogP contribution in [0.3, 0.4) is 0 Å². The van der Waals surface area contributed by atoms with Gasteiger partial charge in [0.2, 0.25) is 5.91 Å². The maximum Gasteiger partial charge on any atom is 0.304 e. The minimum absolute atomic E-state index is 0.0192. The quantitative estimate of drug-likeness (QED) is 0.625. The zero-order valence-corrected chi connectivity index (χ0v) is 11.9. The Morgan fingerprint density at radius 3 is 2.58 bits per heavy atom. The highest BCUT2D eigenvalue weighted by Gasteiger charge is 2.24. The third-order valence-electron chi connectivity index (χ3n) is 3.65. The summed E-state index contributed by atoms with van der Waals surface area (Å²) in [5, 5.41) is 11.7. The highest BCUT2D eigenvalue weighted by molar-refractivity contribution is 5.78. The topological polar surface area (TPSA) is 69.6 Å². The van der Waals surface area contributed by atoms with E-state index in [0.717, 1.165) is 25.7 Å². The molecule has 1 rings (SSSR count). The standard InChI is InChI=1S/C14H26N2O3/c1-2-3-9-15-13(17)11-16(10-8-14(18)19)12-6-4-5-7-12/h12H,2-11H2,1H3,(H,15,17)(H,18,19). The van der Waals surface area contributed by atoms with Crippen LogP contribution in [0.15, 0.2) is 0 Å². The van der Waals surface area contributed by atoms with E-state index in [1.165, 1.54) is 12.8 Å². The molecule has 0 saturated heterocycles. The summed E-state index contributed by atoms with van der Waals surface area (Å²) in [6, 6.07) is 0.385. The molecule has 5 heteroatoms. The van der Waals surface area contributed by atoms with Crippen LogP contribution in [-0.4, -0.2) is 47.6 Å². The fourth-order valence-corrected chi connectivity index (χ4v) is 2.54. The van der Waals surface area contributed by atoms with Crippen molar-refractivity contribution in [2.45, 2.75) is 57.9 Å². The molecule has 0 spiro atoms. The summed E-state index contributed by atoms with van der Waals surface area (Å²) in [5.41, 5.74) is 0. The van der Waals surface area contributed by atoms with Gasteiger partial charge in [0.1, 0.15) is 0 Å². The first kappa shape index (κ1) is 16.0. The predicted molar refractivity (Wildman–Crippen MR) is 74.0 cm³/mol. The van der Waals surface area contributed by atoms with Crippen molar-refractivity contribution in [2.24, 2.45) is 0 Å². The number of carboxylic acid groups (broad SMARTS) is 1. The summed E-state index contributed by atoms with van der Waals surface area (Å²) in [4.78, 5) is 24.6. The molecule has 0 aliphatic heterocycles. The van der Waals surface area contributed by atoms with Crippen LogP contribution >= 0.6 is 0 Å². The molecule has 110 valence electrons. The molecule has 19 heavy (non-hydrogen) atoms. The Morgan fingerprint density at radius 1 is 1.32 bits per heavy atom. The van der Waals surface area contributed by atoms with E-state index >= 15 is 0 Å². The molecule has 0 aromatic heterocycles. The Labute approximate surface area is 115 Å². The molecule has 0 unspecified atom stereocenters. The van der Waals surface area contributed by atoms with E-state index in [9.17, 15) is 9.59 Å². The highest BCUT2D eigenvalue weighted by Crippen LogP contribution is 2.23. The van der Waals surface area contributed by atoms with Crippen LogP contribution in [0.5, 0.6) is 0 Å². The number of hydrogen-bond donors (Lipinski definition) is 2. The van der Waals surface area contributed by atoms with Gasteiger partial charge in [0.15, 0.2) is 0 Å². The Bertz CT molecular complexity index is 288. The summed E-state index contributed by atoms with van der Waals surface area (Å²) >= 11 is 0. The lowest BCUT2D eigenvalue weighted by molar-refractivity contribution is -0.138. The highest BCUT2D eigenvalue weighted by atomic mass is 16.4. The van der Waals surface area contributed by atoms with Gasteiger partial charge in [-0.25, -0.2) is 0 Å². The third kappa shape index (κ3) is 6.57. The van der Waals surface area contributed by atoms with Gasteiger partial charge >= 0.3 is 5.97 Å². The molecule has 2 N–H and O–H groups in total. The Hall–Kier alpha value is -1.10. The first-order chi connectivity index (χ1) is 9.13. The maximum absolute atomic E-state index is 11.8. The van der Waals surface area contributed by atoms with Crippen LogP contribution in [-0.2, 0) is 9.59 Å². The number of aliphatic carboxylic acids is 1. The number of carbonyl (C=O) groups is 2. The molecule has 0 aromatic carbocycles. The zero-order valence-electron chi connectivity index (χ0n) is 11.9. The largest absolute Gasteiger partial charge is 0.481 e. The van der Waals surface area contributed by atoms with Crippen LogP contribution in [0.25, 0.3) is 0 Å². The average molecular weight is 270 g/mol. The van der Waals surface area contributed by atoms with Crippen molar-refractivity contribution in [2.75, 3.05) is 19.6 Å². The van der Waals surface area contributed by atoms with E-state index in [2.05, 4.69) is 12.2 Å². The van der Waals surface area contributed by atoms with Crippen molar-refractivity contribution >= 4 is 11.9 Å². The summed E-state index contributed by atoms with van der Waals surface area (Å²) in [6.45, 7) is 3.61. The van der Waals surface area contributed by atoms with Gasteiger partial charge in [0, 0.05) is 19.1 Å². The number of amides is 1. The third-order valence-corrected chi connectivity index (χ3v) is 3.65. The van der Waals surface area contributed by atoms with E-state index in [-0.39, 0.29) is 12.3 Å². The maximum atomic E-state index is 11.8. The van der Waals surface area contributed by atoms with Crippen LogP contribution in [0.4, 0.5) is 0 Å². The minimum Gasteiger partial charge on any atom is -0.481 e. The molecule has 0 radical (unpaired) electrons. The second-order valence-electron chi connectivity index (χ2n) is 5.26. The second-order valence-corrected chi connectivity index (χ2v) is 5.26. The monoisotopic (exact) mass is 270 g/mol. The van der Waals surface area contributed by atoms with Gasteiger partial charge in [-0.3, -0.25) is 14.5 Å². The molecule has 1 aliphatic rings. The number of nitrogens with one attached hydrogen (secondary N) is 1. The normalized spacial score (nSPS) is 15.9. The molecule has 0 heterocycles. The lowest BCUT2D eigenvalue weighted by Crippen LogP contribution is -2.43. The fourth-order valence-electron chi connectivity index (χ4n) is 2.54. The molecule has 0 atom stereocenters. The number of nitrogens with zero attached hydrogens (tertiary/aromatic N) is 1. The minimum atomic E-state index is -0.797. The molecule has 0 aromatic rings. The first-order valence-corrected chi connectivity index (χ1v) is 7.36. The molecule has 5 nitrogen and oxygen atoms in total. The second kappa shape index (κ2) is 8.91. The SMILES string of the molecule is CCCCNC(=O)CN(CCC(=O)O)C1CCCC1. The van der Waals surface area contributed by atoms with Crippen molar-refractivity contribution in [3.63, 3.8) is 0 Å². The molecule has 1 aliphatic carbocycles. The van der Waals surface area contributed by atoms with Crippen molar-refractivity contribution < 1.29 is 14.7 Å². The number of unbranched alkanes of at least 4 members (excludes halogenated alkanes) is 1. The van der Waals surface area contributed by atoms with E-state index < -0.39 is 5.97 Å². The van der Waals surface area contributed by atoms with Gasteiger partial charge in [-0.15, -0.1) is 0 Å². The van der Waals surface area contributed by atoms with Crippen LogP contribution in [0.2, 0.25) is 0 Å². The summed E-state index contributed by atoms with van der Waals surface area (Å²) in [5.74, 6) is -0.778. The van der Waals surface area contributed by atoms with Gasteiger partial charge in [-0.1, -0.05) is 26.2 Å². The van der Waals surface area contributed by atoms with Gasteiger partial charge < -0.3 is 10.4 Å². The Morgan fingerprint density at radius 2 is 2.00 bits per heavy atom. The lowest BCUT2D eigenvalue weighted by atomic mass is 10.2. The smallest absolute Gasteiger partial charge is 0.304 e. The van der Waals surface area contributed by atoms with Crippen LogP contribution < -0.4 is 5.32 Å². The van der Waals surface area contributed by atoms with E-state index in [0.29, 0.717) is 25.7 Å². The molecule has 1 amide bonds. The van der Waals surface area contributed by atoms with Gasteiger partial charge in [-0.2, -0.15) is 0 Å². The predicted octanol–water partition coefficient (Wildman–Crippen LogP) is 1.62. The van der Waals surface area contributed by atoms with Gasteiger partial charge in [0.25, 0.3) is 0 Å². The van der Waals surface area contributed by atoms with Crippen LogP contribution in [0, 0.1) is 0 Å². The average Bonchev–Trinajstić information content (AvgIpc) is 2.88. The number of rotatable bonds is 9. The molecule has 1 fully saturated rings. The molecular formula is C14H26N2O3.